The van der Waals surface area contributed by atoms with E-state index in [4.69, 9.17) is 17.3 Å². The molecule has 0 unspecified atom stereocenters. The highest BCUT2D eigenvalue weighted by Gasteiger charge is 2.19. The van der Waals surface area contributed by atoms with Crippen LogP contribution in [-0.4, -0.2) is 9.55 Å². The zero-order valence-corrected chi connectivity index (χ0v) is 23.6. The first-order chi connectivity index (χ1) is 27.7. The van der Waals surface area contributed by atoms with Gasteiger partial charge in [-0.15, -0.1) is 0 Å². The minimum absolute atomic E-state index is 0.0462. The van der Waals surface area contributed by atoms with Gasteiger partial charge in [0.05, 0.1) is 28.9 Å². The number of fused-ring (bicyclic) bond motifs is 4. The maximum atomic E-state index is 9.39. The molecule has 0 saturated carbocycles. The van der Waals surface area contributed by atoms with E-state index in [0.717, 1.165) is 5.39 Å². The van der Waals surface area contributed by atoms with Crippen LogP contribution < -0.4 is 0 Å². The van der Waals surface area contributed by atoms with Gasteiger partial charge in [0.15, 0.2) is 0 Å². The van der Waals surface area contributed by atoms with Gasteiger partial charge < -0.3 is 0 Å². The molecule has 0 atom stereocenters. The number of imidazole rings is 1. The maximum Gasteiger partial charge on any atom is 0.145 e. The monoisotopic (exact) mass is 585 g/mol. The minimum atomic E-state index is -0.553. The molecule has 9 rings (SSSR count). The molecular weight excluding hydrogens is 544 g/mol. The fourth-order valence-electron chi connectivity index (χ4n) is 6.24. The van der Waals surface area contributed by atoms with E-state index < -0.39 is 66.5 Å². The van der Waals surface area contributed by atoms with E-state index >= 15 is 0 Å². The molecule has 0 aliphatic carbocycles. The number of para-hydroxylation sites is 2. The molecule has 0 fully saturated rings. The Morgan fingerprint density at radius 2 is 1.11 bits per heavy atom. The smallest absolute Gasteiger partial charge is 0.145 e. The molecule has 1 heterocycles. The number of aromatic nitrogens is 2. The van der Waals surface area contributed by atoms with Crippen molar-refractivity contribution >= 4 is 43.4 Å². The van der Waals surface area contributed by atoms with Crippen molar-refractivity contribution < 1.29 is 17.8 Å². The van der Waals surface area contributed by atoms with Crippen LogP contribution in [-0.2, 0) is 0 Å². The Morgan fingerprint density at radius 3 is 1.89 bits per heavy atom. The third-order valence-corrected chi connectivity index (χ3v) is 8.11. The Balaban J connectivity index is 1.47. The van der Waals surface area contributed by atoms with E-state index in [0.29, 0.717) is 33.2 Å². The van der Waals surface area contributed by atoms with E-state index in [1.165, 1.54) is 0 Å². The molecule has 0 amide bonds. The first kappa shape index (κ1) is 15.7. The summed E-state index contributed by atoms with van der Waals surface area (Å²) in [6.07, 6.45) is 0. The zero-order valence-electron chi connectivity index (χ0n) is 36.6. The summed E-state index contributed by atoms with van der Waals surface area (Å²) in [6, 6.07) is 20.6. The maximum absolute atomic E-state index is 9.39. The van der Waals surface area contributed by atoms with E-state index in [-0.39, 0.29) is 56.1 Å². The highest BCUT2D eigenvalue weighted by Crippen LogP contribution is 2.45. The van der Waals surface area contributed by atoms with Gasteiger partial charge in [-0.1, -0.05) is 145 Å². The Hall–Kier alpha value is -5.99. The number of hydrogen-bond acceptors (Lipinski definition) is 1. The molecule has 210 valence electrons. The molecule has 0 aliphatic heterocycles. The van der Waals surface area contributed by atoms with E-state index in [2.05, 4.69) is 0 Å². The molecule has 1 aromatic heterocycles. The average molecular weight is 586 g/mol. The minimum Gasteiger partial charge on any atom is -0.292 e. The highest BCUT2D eigenvalue weighted by atomic mass is 15.1. The fourth-order valence-corrected chi connectivity index (χ4v) is 6.24. The highest BCUT2D eigenvalue weighted by molar-refractivity contribution is 6.23. The second-order valence-corrected chi connectivity index (χ2v) is 10.6. The summed E-state index contributed by atoms with van der Waals surface area (Å²) < 4.78 is 117. The predicted octanol–water partition coefficient (Wildman–Crippen LogP) is 11.5. The summed E-state index contributed by atoms with van der Waals surface area (Å²) in [5, 5.41) is 1.79. The van der Waals surface area contributed by atoms with Crippen molar-refractivity contribution in [2.24, 2.45) is 0 Å². The van der Waals surface area contributed by atoms with Gasteiger partial charge in [0, 0.05) is 11.3 Å². The molecule has 0 radical (unpaired) electrons. The van der Waals surface area contributed by atoms with E-state index in [9.17, 15) is 5.48 Å². The summed E-state index contributed by atoms with van der Waals surface area (Å²) in [7, 11) is 0. The molecule has 0 bridgehead atoms. The molecule has 8 aromatic carbocycles. The average Bonchev–Trinajstić information content (AvgIpc) is 3.62. The van der Waals surface area contributed by atoms with Gasteiger partial charge in [0.25, 0.3) is 0 Å². The second-order valence-electron chi connectivity index (χ2n) is 10.6. The van der Waals surface area contributed by atoms with Crippen LogP contribution in [0.5, 0.6) is 0 Å². The lowest BCUT2D eigenvalue weighted by Crippen LogP contribution is -1.98. The summed E-state index contributed by atoms with van der Waals surface area (Å²) in [5.74, 6) is 0.0557. The lowest BCUT2D eigenvalue weighted by Gasteiger charge is -2.19. The first-order valence-electron chi connectivity index (χ1n) is 20.8. The zero-order chi connectivity index (χ0) is 41.1. The normalized spacial score (nSPS) is 15.6. The number of nitrogens with zero attached hydrogens (tertiary/aromatic N) is 2. The molecule has 0 spiro atoms. The molecular formula is C43H28N2. The molecule has 0 saturated heterocycles. The molecule has 2 nitrogen and oxygen atoms in total. The molecule has 0 N–H and O–H groups in total. The third kappa shape index (κ3) is 4.07. The molecule has 2 heteroatoms. The predicted molar refractivity (Wildman–Crippen MR) is 190 cm³/mol. The van der Waals surface area contributed by atoms with Gasteiger partial charge in [-0.3, -0.25) is 4.57 Å². The Labute approximate surface area is 279 Å². The number of rotatable bonds is 4. The van der Waals surface area contributed by atoms with Crippen molar-refractivity contribution in [1.29, 1.82) is 0 Å². The van der Waals surface area contributed by atoms with Crippen molar-refractivity contribution in [2.45, 2.75) is 0 Å². The van der Waals surface area contributed by atoms with Gasteiger partial charge in [-0.2, -0.15) is 0 Å². The number of benzene rings is 8. The standard InChI is InChI=1S/C43H28N2/c1-2-15-30(16-3-1)43-44-39-26-10-11-27-40(39)45(43)32-19-12-18-31(28-32)41-35-21-6-8-23-37(35)42(38-24-9-7-22-36(38)41)34-25-13-17-29-14-4-5-20-33(29)34/h1-28H/i1D,2D,3D,6D,7D,8D,9D,15D,16D,21D,22D,23D,24D. The quantitative estimate of drug-likeness (QED) is 0.188. The van der Waals surface area contributed by atoms with E-state index in [1.807, 2.05) is 30.3 Å². The van der Waals surface area contributed by atoms with Gasteiger partial charge >= 0.3 is 0 Å². The lowest BCUT2D eigenvalue weighted by molar-refractivity contribution is 1.10. The van der Waals surface area contributed by atoms with Crippen LogP contribution in [0.25, 0.3) is 82.7 Å². The molecule has 9 aromatic rings. The van der Waals surface area contributed by atoms with Gasteiger partial charge in [-0.05, 0) is 78.8 Å². The Bertz CT molecular complexity index is 3170. The fraction of sp³-hybridized carbons (Fsp3) is 0. The molecule has 0 aliphatic rings. The summed E-state index contributed by atoms with van der Waals surface area (Å²) in [6.45, 7) is 0. The van der Waals surface area contributed by atoms with Crippen LogP contribution in [0.4, 0.5) is 0 Å². The van der Waals surface area contributed by atoms with Crippen LogP contribution in [0.1, 0.15) is 17.8 Å². The van der Waals surface area contributed by atoms with E-state index in [1.54, 1.807) is 65.2 Å². The van der Waals surface area contributed by atoms with Crippen molar-refractivity contribution in [3.05, 3.63) is 170 Å². The SMILES string of the molecule is [2H]c1c([2H])c([2H])c(-c2nc3ccccc3n2-c2cccc(-c3c4c([2H])c([2H])c([2H])c([2H])c4c(-c4cccc5ccccc45)c4c([2H])c([2H])c([2H])c([2H])c34)c2)c([2H])c1[2H]. The summed E-state index contributed by atoms with van der Waals surface area (Å²) >= 11 is 0. The Kier molecular flexibility index (Phi) is 3.59. The summed E-state index contributed by atoms with van der Waals surface area (Å²) in [4.78, 5) is 4.75. The first-order valence-corrected chi connectivity index (χ1v) is 14.3. The van der Waals surface area contributed by atoms with Crippen LogP contribution in [0.3, 0.4) is 0 Å². The second kappa shape index (κ2) is 10.3. The third-order valence-electron chi connectivity index (χ3n) is 8.11. The van der Waals surface area contributed by atoms with Crippen LogP contribution in [0.2, 0.25) is 0 Å². The van der Waals surface area contributed by atoms with Crippen molar-refractivity contribution in [3.8, 4) is 39.3 Å². The topological polar surface area (TPSA) is 17.8 Å². The number of hydrogen-bond donors (Lipinski definition) is 0. The Morgan fingerprint density at radius 1 is 0.489 bits per heavy atom. The van der Waals surface area contributed by atoms with Crippen molar-refractivity contribution in [2.75, 3.05) is 0 Å². The van der Waals surface area contributed by atoms with Crippen molar-refractivity contribution in [1.82, 2.24) is 9.55 Å². The van der Waals surface area contributed by atoms with Gasteiger partial charge in [-0.25, -0.2) is 4.98 Å². The van der Waals surface area contributed by atoms with Crippen LogP contribution >= 0.6 is 0 Å². The largest absolute Gasteiger partial charge is 0.292 e. The van der Waals surface area contributed by atoms with Gasteiger partial charge in [0.2, 0.25) is 0 Å². The lowest BCUT2D eigenvalue weighted by atomic mass is 9.84. The van der Waals surface area contributed by atoms with Crippen LogP contribution in [0, 0.1) is 0 Å². The van der Waals surface area contributed by atoms with Crippen LogP contribution in [0.15, 0.2) is 170 Å². The van der Waals surface area contributed by atoms with Gasteiger partial charge in [0.1, 0.15) is 5.82 Å². The molecule has 45 heavy (non-hydrogen) atoms. The summed E-state index contributed by atoms with van der Waals surface area (Å²) in [5.41, 5.74) is 2.50. The van der Waals surface area contributed by atoms with Crippen molar-refractivity contribution in [3.63, 3.8) is 0 Å².